The minimum Gasteiger partial charge on any atom is -0.353 e. The van der Waals surface area contributed by atoms with Crippen LogP contribution in [0.1, 0.15) is 12.1 Å². The molecule has 2 saturated heterocycles. The Hall–Kier alpha value is -1.09. The highest BCUT2D eigenvalue weighted by molar-refractivity contribution is 5.46. The number of nitrogens with one attached hydrogen (secondary N) is 1. The topological polar surface area (TPSA) is 28.2 Å². The van der Waals surface area contributed by atoms with Crippen LogP contribution in [0.2, 0.25) is 0 Å². The molecule has 1 aromatic rings. The van der Waals surface area contributed by atoms with Crippen molar-refractivity contribution in [3.63, 3.8) is 0 Å². The van der Waals surface area contributed by atoms with Crippen molar-refractivity contribution >= 4 is 5.82 Å². The third kappa shape index (κ3) is 1.12. The van der Waals surface area contributed by atoms with E-state index >= 15 is 0 Å². The Bertz CT molecular complexity index is 349. The van der Waals surface area contributed by atoms with E-state index in [1.165, 1.54) is 13.0 Å². The molecule has 0 amide bonds. The lowest BCUT2D eigenvalue weighted by molar-refractivity contribution is 0.158. The summed E-state index contributed by atoms with van der Waals surface area (Å²) >= 11 is 0. The lowest BCUT2D eigenvalue weighted by Crippen LogP contribution is -2.76. The van der Waals surface area contributed by atoms with Gasteiger partial charge in [0.2, 0.25) is 0 Å². The zero-order valence-corrected chi connectivity index (χ0v) is 8.45. The van der Waals surface area contributed by atoms with Gasteiger partial charge in [0.1, 0.15) is 5.82 Å². The molecule has 2 fully saturated rings. The first-order chi connectivity index (χ1) is 6.77. The molecule has 1 spiro atoms. The van der Waals surface area contributed by atoms with Gasteiger partial charge in [-0.25, -0.2) is 4.98 Å². The summed E-state index contributed by atoms with van der Waals surface area (Å²) in [4.78, 5) is 6.86. The van der Waals surface area contributed by atoms with Crippen LogP contribution in [0.25, 0.3) is 0 Å². The molecule has 74 valence electrons. The molecule has 0 unspecified atom stereocenters. The van der Waals surface area contributed by atoms with Gasteiger partial charge in [0.25, 0.3) is 0 Å². The van der Waals surface area contributed by atoms with Crippen LogP contribution in [-0.4, -0.2) is 30.2 Å². The van der Waals surface area contributed by atoms with E-state index in [1.807, 2.05) is 13.0 Å². The number of aromatic nitrogens is 1. The maximum absolute atomic E-state index is 4.52. The Morgan fingerprint density at radius 2 is 2.21 bits per heavy atom. The Balaban J connectivity index is 1.73. The van der Waals surface area contributed by atoms with E-state index in [0.717, 1.165) is 24.6 Å². The van der Waals surface area contributed by atoms with Gasteiger partial charge in [-0.2, -0.15) is 0 Å². The number of aryl methyl sites for hydroxylation is 1. The fourth-order valence-electron chi connectivity index (χ4n) is 2.30. The van der Waals surface area contributed by atoms with Crippen molar-refractivity contribution in [1.29, 1.82) is 0 Å². The monoisotopic (exact) mass is 189 g/mol. The third-order valence-corrected chi connectivity index (χ3v) is 3.29. The average molecular weight is 189 g/mol. The van der Waals surface area contributed by atoms with E-state index in [-0.39, 0.29) is 0 Å². The molecule has 3 nitrogen and oxygen atoms in total. The fraction of sp³-hybridized carbons (Fsp3) is 0.545. The maximum Gasteiger partial charge on any atom is 0.128 e. The Morgan fingerprint density at radius 1 is 1.43 bits per heavy atom. The highest BCUT2D eigenvalue weighted by atomic mass is 15.3. The summed E-state index contributed by atoms with van der Waals surface area (Å²) in [6, 6.07) is 6.22. The Kier molecular flexibility index (Phi) is 1.59. The van der Waals surface area contributed by atoms with Crippen molar-refractivity contribution in [3.05, 3.63) is 23.9 Å². The zero-order valence-electron chi connectivity index (χ0n) is 8.45. The highest BCUT2D eigenvalue weighted by Crippen LogP contribution is 2.32. The van der Waals surface area contributed by atoms with Crippen LogP contribution >= 0.6 is 0 Å². The van der Waals surface area contributed by atoms with E-state index in [4.69, 9.17) is 0 Å². The average Bonchev–Trinajstić information content (AvgIpc) is 1.98. The summed E-state index contributed by atoms with van der Waals surface area (Å²) in [5.41, 5.74) is 1.55. The van der Waals surface area contributed by atoms with Crippen molar-refractivity contribution in [3.8, 4) is 0 Å². The van der Waals surface area contributed by atoms with Crippen LogP contribution in [-0.2, 0) is 0 Å². The SMILES string of the molecule is Cc1cccc(N2CC3(CCN3)C2)n1. The third-order valence-electron chi connectivity index (χ3n) is 3.29. The number of anilines is 1. The Labute approximate surface area is 84.1 Å². The molecule has 0 radical (unpaired) electrons. The van der Waals surface area contributed by atoms with Gasteiger partial charge in [0, 0.05) is 18.8 Å². The lowest BCUT2D eigenvalue weighted by atomic mass is 9.80. The van der Waals surface area contributed by atoms with Crippen molar-refractivity contribution in [2.45, 2.75) is 18.9 Å². The predicted molar refractivity (Wildman–Crippen MR) is 56.5 cm³/mol. The molecule has 3 heterocycles. The second kappa shape index (κ2) is 2.70. The van der Waals surface area contributed by atoms with Gasteiger partial charge in [0.05, 0.1) is 5.54 Å². The molecular weight excluding hydrogens is 174 g/mol. The molecule has 3 rings (SSSR count). The number of nitrogens with zero attached hydrogens (tertiary/aromatic N) is 2. The second-order valence-corrected chi connectivity index (χ2v) is 4.45. The molecule has 0 saturated carbocycles. The van der Waals surface area contributed by atoms with Gasteiger partial charge in [-0.3, -0.25) is 0 Å². The zero-order chi connectivity index (χ0) is 9.60. The molecular formula is C11H15N3. The minimum absolute atomic E-state index is 0.450. The summed E-state index contributed by atoms with van der Waals surface area (Å²) in [7, 11) is 0. The minimum atomic E-state index is 0.450. The number of hydrogen-bond donors (Lipinski definition) is 1. The summed E-state index contributed by atoms with van der Waals surface area (Å²) < 4.78 is 0. The molecule has 1 aromatic heterocycles. The molecule has 2 aliphatic rings. The fourth-order valence-corrected chi connectivity index (χ4v) is 2.30. The summed E-state index contributed by atoms with van der Waals surface area (Å²) in [6.45, 7) is 5.49. The summed E-state index contributed by atoms with van der Waals surface area (Å²) in [6.07, 6.45) is 1.33. The molecule has 2 aliphatic heterocycles. The lowest BCUT2D eigenvalue weighted by Gasteiger charge is -2.56. The molecule has 14 heavy (non-hydrogen) atoms. The molecule has 0 aliphatic carbocycles. The standard InChI is InChI=1S/C11H15N3/c1-9-3-2-4-10(13-9)14-7-11(8-14)5-6-12-11/h2-4,12H,5-8H2,1H3. The predicted octanol–water partition coefficient (Wildman–Crippen LogP) is 0.942. The van der Waals surface area contributed by atoms with E-state index in [9.17, 15) is 0 Å². The number of rotatable bonds is 1. The first-order valence-electron chi connectivity index (χ1n) is 5.21. The van der Waals surface area contributed by atoms with Crippen LogP contribution in [0.5, 0.6) is 0 Å². The van der Waals surface area contributed by atoms with Crippen LogP contribution in [0.4, 0.5) is 5.82 Å². The quantitative estimate of drug-likeness (QED) is 0.712. The highest BCUT2D eigenvalue weighted by Gasteiger charge is 2.47. The van der Waals surface area contributed by atoms with Crippen LogP contribution in [0.15, 0.2) is 18.2 Å². The van der Waals surface area contributed by atoms with E-state index in [1.54, 1.807) is 0 Å². The summed E-state index contributed by atoms with van der Waals surface area (Å²) in [5.74, 6) is 1.13. The second-order valence-electron chi connectivity index (χ2n) is 4.45. The van der Waals surface area contributed by atoms with Crippen LogP contribution < -0.4 is 10.2 Å². The van der Waals surface area contributed by atoms with Crippen molar-refractivity contribution in [2.75, 3.05) is 24.5 Å². The van der Waals surface area contributed by atoms with Gasteiger partial charge < -0.3 is 10.2 Å². The molecule has 0 bridgehead atoms. The van der Waals surface area contributed by atoms with Crippen LogP contribution in [0.3, 0.4) is 0 Å². The van der Waals surface area contributed by atoms with Crippen molar-refractivity contribution in [2.24, 2.45) is 0 Å². The Morgan fingerprint density at radius 3 is 2.79 bits per heavy atom. The number of hydrogen-bond acceptors (Lipinski definition) is 3. The van der Waals surface area contributed by atoms with E-state index in [0.29, 0.717) is 5.54 Å². The molecule has 0 atom stereocenters. The summed E-state index contributed by atoms with van der Waals surface area (Å²) in [5, 5.41) is 3.50. The van der Waals surface area contributed by atoms with Gasteiger partial charge >= 0.3 is 0 Å². The largest absolute Gasteiger partial charge is 0.353 e. The molecule has 3 heteroatoms. The molecule has 1 N–H and O–H groups in total. The van der Waals surface area contributed by atoms with E-state index in [2.05, 4.69) is 27.3 Å². The molecule has 0 aromatic carbocycles. The number of pyridine rings is 1. The van der Waals surface area contributed by atoms with Gasteiger partial charge in [-0.05, 0) is 32.0 Å². The first-order valence-corrected chi connectivity index (χ1v) is 5.21. The smallest absolute Gasteiger partial charge is 0.128 e. The van der Waals surface area contributed by atoms with Crippen LogP contribution in [0, 0.1) is 6.92 Å². The first kappa shape index (κ1) is 8.24. The normalized spacial score (nSPS) is 23.1. The van der Waals surface area contributed by atoms with Gasteiger partial charge in [-0.15, -0.1) is 0 Å². The van der Waals surface area contributed by atoms with Crippen molar-refractivity contribution in [1.82, 2.24) is 10.3 Å². The van der Waals surface area contributed by atoms with Gasteiger partial charge in [0.15, 0.2) is 0 Å². The maximum atomic E-state index is 4.52. The van der Waals surface area contributed by atoms with Gasteiger partial charge in [-0.1, -0.05) is 6.07 Å². The van der Waals surface area contributed by atoms with E-state index < -0.39 is 0 Å². The van der Waals surface area contributed by atoms with Crippen molar-refractivity contribution < 1.29 is 0 Å².